The molecule has 6 nitrogen and oxygen atoms in total. The summed E-state index contributed by atoms with van der Waals surface area (Å²) in [5, 5.41) is 0.153. The summed E-state index contributed by atoms with van der Waals surface area (Å²) in [7, 11) is 0. The van der Waals surface area contributed by atoms with Gasteiger partial charge in [0, 0.05) is 5.92 Å². The maximum Gasteiger partial charge on any atom is 0.223 e. The molecule has 2 N–H and O–H groups in total. The third-order valence-corrected chi connectivity index (χ3v) is 4.01. The lowest BCUT2D eigenvalue weighted by atomic mass is 10.00. The summed E-state index contributed by atoms with van der Waals surface area (Å²) in [5.41, 5.74) is 6.37. The molecule has 4 atom stereocenters. The number of halogens is 2. The number of fused-ring (bicyclic) bond motifs is 1. The van der Waals surface area contributed by atoms with Crippen molar-refractivity contribution < 1.29 is 9.13 Å². The summed E-state index contributed by atoms with van der Waals surface area (Å²) >= 11 is 5.96. The highest BCUT2D eigenvalue weighted by atomic mass is 35.5. The van der Waals surface area contributed by atoms with Crippen molar-refractivity contribution in [2.24, 2.45) is 5.92 Å². The standard InChI is InChI=1S/C12H15ClFN5O/c1-3-6-5(2)7(14)11(20-6)19-4-16-8-9(13)17-12(15)18-10(8)19/h4-7,11H,3H2,1-2H3,(H2,15,17,18). The van der Waals surface area contributed by atoms with Gasteiger partial charge in [-0.15, -0.1) is 0 Å². The molecule has 3 rings (SSSR count). The van der Waals surface area contributed by atoms with E-state index in [-0.39, 0.29) is 23.1 Å². The molecule has 1 fully saturated rings. The van der Waals surface area contributed by atoms with E-state index >= 15 is 0 Å². The molecule has 8 heteroatoms. The van der Waals surface area contributed by atoms with Crippen LogP contribution in [0.2, 0.25) is 5.15 Å². The fourth-order valence-electron chi connectivity index (χ4n) is 2.61. The molecule has 0 aromatic carbocycles. The number of rotatable bonds is 2. The van der Waals surface area contributed by atoms with Crippen LogP contribution in [0, 0.1) is 5.92 Å². The molecule has 108 valence electrons. The number of anilines is 1. The first-order chi connectivity index (χ1) is 9.52. The lowest BCUT2D eigenvalue weighted by molar-refractivity contribution is -0.0186. The molecule has 4 unspecified atom stereocenters. The summed E-state index contributed by atoms with van der Waals surface area (Å²) in [5.74, 6) is -0.158. The first kappa shape index (κ1) is 13.5. The zero-order valence-corrected chi connectivity index (χ0v) is 11.9. The second kappa shape index (κ2) is 4.82. The Morgan fingerprint density at radius 1 is 1.50 bits per heavy atom. The molecule has 3 heterocycles. The minimum absolute atomic E-state index is 0.0257. The van der Waals surface area contributed by atoms with Crippen LogP contribution in [0.1, 0.15) is 26.5 Å². The summed E-state index contributed by atoms with van der Waals surface area (Å²) < 4.78 is 21.7. The van der Waals surface area contributed by atoms with Gasteiger partial charge in [-0.25, -0.2) is 9.37 Å². The molecular weight excluding hydrogens is 285 g/mol. The predicted octanol–water partition coefficient (Wildman–Crippen LogP) is 2.34. The minimum Gasteiger partial charge on any atom is -0.368 e. The van der Waals surface area contributed by atoms with Crippen molar-refractivity contribution >= 4 is 28.7 Å². The fraction of sp³-hybridized carbons (Fsp3) is 0.583. The number of hydrogen-bond acceptors (Lipinski definition) is 5. The molecule has 20 heavy (non-hydrogen) atoms. The van der Waals surface area contributed by atoms with E-state index in [1.165, 1.54) is 10.9 Å². The predicted molar refractivity (Wildman–Crippen MR) is 73.0 cm³/mol. The second-order valence-corrected chi connectivity index (χ2v) is 5.33. The Balaban J connectivity index is 2.07. The van der Waals surface area contributed by atoms with Gasteiger partial charge in [0.2, 0.25) is 5.95 Å². The van der Waals surface area contributed by atoms with Crippen molar-refractivity contribution in [3.63, 3.8) is 0 Å². The number of nitrogens with zero attached hydrogens (tertiary/aromatic N) is 4. The third-order valence-electron chi connectivity index (χ3n) is 3.75. The van der Waals surface area contributed by atoms with Crippen LogP contribution in [0.5, 0.6) is 0 Å². The van der Waals surface area contributed by atoms with Gasteiger partial charge in [0.15, 0.2) is 23.2 Å². The molecule has 0 amide bonds. The van der Waals surface area contributed by atoms with Crippen LogP contribution in [0.3, 0.4) is 0 Å². The first-order valence-corrected chi connectivity index (χ1v) is 6.85. The van der Waals surface area contributed by atoms with Gasteiger partial charge in [0.1, 0.15) is 5.52 Å². The van der Waals surface area contributed by atoms with Gasteiger partial charge < -0.3 is 10.5 Å². The lowest BCUT2D eigenvalue weighted by Gasteiger charge is -2.15. The van der Waals surface area contributed by atoms with Crippen molar-refractivity contribution in [3.8, 4) is 0 Å². The average Bonchev–Trinajstić information content (AvgIpc) is 2.93. The number of aromatic nitrogens is 4. The van der Waals surface area contributed by atoms with Crippen molar-refractivity contribution in [1.29, 1.82) is 0 Å². The minimum atomic E-state index is -1.13. The number of imidazole rings is 1. The Kier molecular flexibility index (Phi) is 3.25. The monoisotopic (exact) mass is 299 g/mol. The Hall–Kier alpha value is -1.47. The van der Waals surface area contributed by atoms with Crippen molar-refractivity contribution in [2.75, 3.05) is 5.73 Å². The molecule has 0 radical (unpaired) electrons. The van der Waals surface area contributed by atoms with Gasteiger partial charge >= 0.3 is 0 Å². The van der Waals surface area contributed by atoms with Gasteiger partial charge in [-0.1, -0.05) is 25.4 Å². The van der Waals surface area contributed by atoms with E-state index in [2.05, 4.69) is 15.0 Å². The summed E-state index contributed by atoms with van der Waals surface area (Å²) in [6.07, 6.45) is 0.203. The lowest BCUT2D eigenvalue weighted by Crippen LogP contribution is -2.20. The van der Waals surface area contributed by atoms with E-state index in [1.807, 2.05) is 13.8 Å². The summed E-state index contributed by atoms with van der Waals surface area (Å²) in [4.78, 5) is 12.0. The molecule has 0 spiro atoms. The molecule has 2 aromatic rings. The third kappa shape index (κ3) is 1.92. The van der Waals surface area contributed by atoms with Gasteiger partial charge in [-0.05, 0) is 6.42 Å². The SMILES string of the molecule is CCC1OC(n2cnc3c(Cl)nc(N)nc32)C(F)C1C. The zero-order chi connectivity index (χ0) is 14.4. The maximum absolute atomic E-state index is 14.4. The number of ether oxygens (including phenoxy) is 1. The Morgan fingerprint density at radius 3 is 2.90 bits per heavy atom. The van der Waals surface area contributed by atoms with Gasteiger partial charge in [0.05, 0.1) is 12.4 Å². The second-order valence-electron chi connectivity index (χ2n) is 4.97. The van der Waals surface area contributed by atoms with Crippen LogP contribution in [-0.2, 0) is 4.74 Å². The quantitative estimate of drug-likeness (QED) is 0.861. The van der Waals surface area contributed by atoms with Gasteiger partial charge in [-0.3, -0.25) is 4.57 Å². The van der Waals surface area contributed by atoms with Crippen LogP contribution in [0.25, 0.3) is 11.2 Å². The zero-order valence-electron chi connectivity index (χ0n) is 11.1. The average molecular weight is 300 g/mol. The van der Waals surface area contributed by atoms with Crippen molar-refractivity contribution in [3.05, 3.63) is 11.5 Å². The fourth-order valence-corrected chi connectivity index (χ4v) is 2.83. The smallest absolute Gasteiger partial charge is 0.223 e. The van der Waals surface area contributed by atoms with Crippen LogP contribution in [0.4, 0.5) is 10.3 Å². The van der Waals surface area contributed by atoms with Gasteiger partial charge in [-0.2, -0.15) is 9.97 Å². The topological polar surface area (TPSA) is 78.8 Å². The van der Waals surface area contributed by atoms with E-state index < -0.39 is 12.4 Å². The maximum atomic E-state index is 14.4. The molecule has 0 bridgehead atoms. The van der Waals surface area contributed by atoms with Crippen LogP contribution in [0.15, 0.2) is 6.33 Å². The molecule has 2 aromatic heterocycles. The highest BCUT2D eigenvalue weighted by Gasteiger charge is 2.43. The van der Waals surface area contributed by atoms with Crippen LogP contribution in [-0.4, -0.2) is 31.8 Å². The summed E-state index contributed by atoms with van der Waals surface area (Å²) in [6.45, 7) is 3.81. The number of nitrogen functional groups attached to an aromatic ring is 1. The molecule has 0 saturated carbocycles. The summed E-state index contributed by atoms with van der Waals surface area (Å²) in [6, 6.07) is 0. The van der Waals surface area contributed by atoms with Crippen LogP contribution < -0.4 is 5.73 Å². The number of nitrogens with two attached hydrogens (primary N) is 1. The van der Waals surface area contributed by atoms with Crippen molar-refractivity contribution in [1.82, 2.24) is 19.5 Å². The number of hydrogen-bond donors (Lipinski definition) is 1. The van der Waals surface area contributed by atoms with E-state index in [0.717, 1.165) is 6.42 Å². The Bertz CT molecular complexity index is 648. The highest BCUT2D eigenvalue weighted by molar-refractivity contribution is 6.33. The molecule has 1 aliphatic heterocycles. The van der Waals surface area contributed by atoms with E-state index in [9.17, 15) is 4.39 Å². The first-order valence-electron chi connectivity index (χ1n) is 6.48. The Labute approximate surface area is 120 Å². The molecule has 0 aliphatic carbocycles. The Morgan fingerprint density at radius 2 is 2.25 bits per heavy atom. The van der Waals surface area contributed by atoms with E-state index in [0.29, 0.717) is 11.2 Å². The molecular formula is C12H15ClFN5O. The van der Waals surface area contributed by atoms with Crippen molar-refractivity contribution in [2.45, 2.75) is 38.8 Å². The largest absolute Gasteiger partial charge is 0.368 e. The van der Waals surface area contributed by atoms with E-state index in [1.54, 1.807) is 0 Å². The molecule has 1 saturated heterocycles. The normalized spacial score (nSPS) is 30.2. The van der Waals surface area contributed by atoms with E-state index in [4.69, 9.17) is 22.1 Å². The molecule has 1 aliphatic rings. The van der Waals surface area contributed by atoms with Gasteiger partial charge in [0.25, 0.3) is 0 Å². The highest BCUT2D eigenvalue weighted by Crippen LogP contribution is 2.38. The van der Waals surface area contributed by atoms with Crippen LogP contribution >= 0.6 is 11.6 Å². The number of alkyl halides is 1.